The van der Waals surface area contributed by atoms with Gasteiger partial charge in [0.05, 0.1) is 44.0 Å². The summed E-state index contributed by atoms with van der Waals surface area (Å²) >= 11 is 1.37. The highest BCUT2D eigenvalue weighted by Gasteiger charge is 2.50. The smallest absolute Gasteiger partial charge is 0.412 e. The highest BCUT2D eigenvalue weighted by molar-refractivity contribution is 7.12. The fraction of sp³-hybridized carbons (Fsp3) is 0.400. The van der Waals surface area contributed by atoms with Gasteiger partial charge in [-0.3, -0.25) is 10.1 Å². The monoisotopic (exact) mass is 434 g/mol. The Kier molecular flexibility index (Phi) is 6.07. The Morgan fingerprint density at radius 2 is 1.80 bits per heavy atom. The van der Waals surface area contributed by atoms with Gasteiger partial charge in [-0.05, 0) is 11.4 Å². The molecule has 10 heteroatoms. The zero-order valence-electron chi connectivity index (χ0n) is 16.5. The number of amides is 2. The van der Waals surface area contributed by atoms with Crippen molar-refractivity contribution in [2.45, 2.75) is 24.4 Å². The third-order valence-corrected chi connectivity index (χ3v) is 5.79. The topological polar surface area (TPSA) is 104 Å². The number of anilines is 1. The maximum absolute atomic E-state index is 12.4. The molecule has 0 spiro atoms. The van der Waals surface area contributed by atoms with Crippen LogP contribution in [0.15, 0.2) is 35.7 Å². The standard InChI is InChI=1S/C20H22N2O7S/c1-25-12-6-11(7-13(8-12)26-2)21-20(24)29-15-10-28-17-14(9-27-18(15)17)22-19(23)16-4-3-5-30-16/h3-8,14-15,17-18H,9-10H2,1-2H3,(H,21,24)(H,22,23)/t14-,15-,17-,18+/m0/s1. The summed E-state index contributed by atoms with van der Waals surface area (Å²) < 4.78 is 27.4. The van der Waals surface area contributed by atoms with Crippen LogP contribution in [-0.2, 0) is 14.2 Å². The number of benzene rings is 1. The molecule has 2 amide bonds. The molecule has 9 nitrogen and oxygen atoms in total. The molecular formula is C20H22N2O7S. The lowest BCUT2D eigenvalue weighted by atomic mass is 10.1. The zero-order valence-corrected chi connectivity index (χ0v) is 17.3. The average Bonchev–Trinajstić information content (AvgIpc) is 3.48. The number of methoxy groups -OCH3 is 2. The molecule has 160 valence electrons. The van der Waals surface area contributed by atoms with Crippen LogP contribution in [-0.4, -0.2) is 63.8 Å². The van der Waals surface area contributed by atoms with Crippen LogP contribution >= 0.6 is 11.3 Å². The highest BCUT2D eigenvalue weighted by atomic mass is 32.1. The molecule has 3 heterocycles. The summed E-state index contributed by atoms with van der Waals surface area (Å²) in [6.45, 7) is 0.483. The van der Waals surface area contributed by atoms with Crippen molar-refractivity contribution < 1.29 is 33.3 Å². The van der Waals surface area contributed by atoms with Gasteiger partial charge in [-0.15, -0.1) is 11.3 Å². The molecule has 0 unspecified atom stereocenters. The van der Waals surface area contributed by atoms with Gasteiger partial charge < -0.3 is 29.0 Å². The van der Waals surface area contributed by atoms with Crippen molar-refractivity contribution in [3.63, 3.8) is 0 Å². The molecule has 1 aromatic heterocycles. The lowest BCUT2D eigenvalue weighted by Gasteiger charge is -2.18. The normalized spacial score (nSPS) is 24.7. The van der Waals surface area contributed by atoms with E-state index in [1.165, 1.54) is 25.6 Å². The first-order valence-corrected chi connectivity index (χ1v) is 10.2. The molecule has 0 saturated carbocycles. The van der Waals surface area contributed by atoms with E-state index in [1.807, 2.05) is 11.4 Å². The van der Waals surface area contributed by atoms with Crippen LogP contribution in [0.1, 0.15) is 9.67 Å². The lowest BCUT2D eigenvalue weighted by Crippen LogP contribution is -2.44. The van der Waals surface area contributed by atoms with E-state index in [0.29, 0.717) is 28.7 Å². The molecule has 0 radical (unpaired) electrons. The van der Waals surface area contributed by atoms with E-state index in [4.69, 9.17) is 23.7 Å². The van der Waals surface area contributed by atoms with Crippen LogP contribution in [0.3, 0.4) is 0 Å². The summed E-state index contributed by atoms with van der Waals surface area (Å²) in [5.41, 5.74) is 0.472. The molecule has 2 saturated heterocycles. The number of nitrogens with one attached hydrogen (secondary N) is 2. The first kappa shape index (κ1) is 20.5. The van der Waals surface area contributed by atoms with Gasteiger partial charge in [0.2, 0.25) is 0 Å². The first-order chi connectivity index (χ1) is 14.6. The van der Waals surface area contributed by atoms with Gasteiger partial charge in [-0.25, -0.2) is 4.79 Å². The van der Waals surface area contributed by atoms with Crippen molar-refractivity contribution in [1.29, 1.82) is 0 Å². The SMILES string of the molecule is COc1cc(NC(=O)O[C@H]2CO[C@@H]3[C@@H]2OC[C@@H]3NC(=O)c2cccs2)cc(OC)c1. The molecule has 4 atom stereocenters. The van der Waals surface area contributed by atoms with Gasteiger partial charge in [-0.2, -0.15) is 0 Å². The number of thiophene rings is 1. The van der Waals surface area contributed by atoms with Gasteiger partial charge in [0, 0.05) is 18.2 Å². The van der Waals surface area contributed by atoms with Crippen LogP contribution in [0, 0.1) is 0 Å². The largest absolute Gasteiger partial charge is 0.497 e. The van der Waals surface area contributed by atoms with E-state index in [9.17, 15) is 9.59 Å². The fourth-order valence-electron chi connectivity index (χ4n) is 3.50. The van der Waals surface area contributed by atoms with Crippen LogP contribution in [0.25, 0.3) is 0 Å². The molecule has 2 aliphatic heterocycles. The molecule has 1 aromatic carbocycles. The molecule has 2 N–H and O–H groups in total. The van der Waals surface area contributed by atoms with Crippen LogP contribution in [0.4, 0.5) is 10.5 Å². The number of fused-ring (bicyclic) bond motifs is 1. The Balaban J connectivity index is 1.33. The van der Waals surface area contributed by atoms with E-state index in [1.54, 1.807) is 24.3 Å². The number of ether oxygens (including phenoxy) is 5. The Bertz CT molecular complexity index is 882. The van der Waals surface area contributed by atoms with Gasteiger partial charge in [0.25, 0.3) is 5.91 Å². The second-order valence-corrected chi connectivity index (χ2v) is 7.77. The van der Waals surface area contributed by atoms with Crippen molar-refractivity contribution in [2.24, 2.45) is 0 Å². The third kappa shape index (κ3) is 4.35. The first-order valence-electron chi connectivity index (χ1n) is 9.35. The quantitative estimate of drug-likeness (QED) is 0.719. The summed E-state index contributed by atoms with van der Waals surface area (Å²) in [6.07, 6.45) is -2.03. The molecule has 2 fully saturated rings. The molecule has 2 aliphatic rings. The molecule has 4 rings (SSSR count). The van der Waals surface area contributed by atoms with E-state index in [2.05, 4.69) is 10.6 Å². The molecule has 30 heavy (non-hydrogen) atoms. The highest BCUT2D eigenvalue weighted by Crippen LogP contribution is 2.30. The Morgan fingerprint density at radius 3 is 2.47 bits per heavy atom. The van der Waals surface area contributed by atoms with Crippen molar-refractivity contribution in [3.8, 4) is 11.5 Å². The fourth-order valence-corrected chi connectivity index (χ4v) is 4.13. The van der Waals surface area contributed by atoms with E-state index in [0.717, 1.165) is 0 Å². The van der Waals surface area contributed by atoms with Gasteiger partial charge in [-0.1, -0.05) is 6.07 Å². The van der Waals surface area contributed by atoms with Crippen LogP contribution in [0.5, 0.6) is 11.5 Å². The lowest BCUT2D eigenvalue weighted by molar-refractivity contribution is 0.00862. The van der Waals surface area contributed by atoms with E-state index in [-0.39, 0.29) is 24.7 Å². The van der Waals surface area contributed by atoms with Gasteiger partial charge in [0.1, 0.15) is 23.7 Å². The maximum atomic E-state index is 12.4. The maximum Gasteiger partial charge on any atom is 0.412 e. The Hall–Kier alpha value is -2.82. The molecule has 0 aliphatic carbocycles. The van der Waals surface area contributed by atoms with Crippen LogP contribution < -0.4 is 20.1 Å². The Labute approximate surface area is 177 Å². The minimum Gasteiger partial charge on any atom is -0.497 e. The second kappa shape index (κ2) is 8.90. The van der Waals surface area contributed by atoms with Crippen molar-refractivity contribution in [2.75, 3.05) is 32.8 Å². The summed E-state index contributed by atoms with van der Waals surface area (Å²) in [4.78, 5) is 25.3. The number of hydrogen-bond acceptors (Lipinski definition) is 8. The molecular weight excluding hydrogens is 412 g/mol. The number of hydrogen-bond donors (Lipinski definition) is 2. The molecule has 0 bridgehead atoms. The number of rotatable bonds is 6. The number of carbonyl (C=O) groups excluding carboxylic acids is 2. The number of carbonyl (C=O) groups is 2. The predicted octanol–water partition coefficient (Wildman–Crippen LogP) is 2.28. The minimum atomic E-state index is -0.644. The van der Waals surface area contributed by atoms with E-state index < -0.39 is 18.3 Å². The van der Waals surface area contributed by atoms with Crippen molar-refractivity contribution in [1.82, 2.24) is 5.32 Å². The summed E-state index contributed by atoms with van der Waals surface area (Å²) in [7, 11) is 3.05. The van der Waals surface area contributed by atoms with Crippen molar-refractivity contribution in [3.05, 3.63) is 40.6 Å². The summed E-state index contributed by atoms with van der Waals surface area (Å²) in [5.74, 6) is 0.909. The summed E-state index contributed by atoms with van der Waals surface area (Å²) in [6, 6.07) is 8.28. The molecule has 2 aromatic rings. The van der Waals surface area contributed by atoms with Gasteiger partial charge in [0.15, 0.2) is 6.10 Å². The average molecular weight is 434 g/mol. The van der Waals surface area contributed by atoms with Crippen LogP contribution in [0.2, 0.25) is 0 Å². The second-order valence-electron chi connectivity index (χ2n) is 6.82. The van der Waals surface area contributed by atoms with E-state index >= 15 is 0 Å². The van der Waals surface area contributed by atoms with Crippen molar-refractivity contribution >= 4 is 29.0 Å². The Morgan fingerprint density at radius 1 is 1.07 bits per heavy atom. The zero-order chi connectivity index (χ0) is 21.1. The third-order valence-electron chi connectivity index (χ3n) is 4.93. The van der Waals surface area contributed by atoms with Gasteiger partial charge >= 0.3 is 6.09 Å². The predicted molar refractivity (Wildman–Crippen MR) is 108 cm³/mol. The minimum absolute atomic E-state index is 0.170. The summed E-state index contributed by atoms with van der Waals surface area (Å²) in [5, 5.41) is 7.43.